The molecular formula is C31H45F3O2. The molecule has 5 heteroatoms. The molecule has 3 saturated carbocycles. The highest BCUT2D eigenvalue weighted by Crippen LogP contribution is 2.50. The first kappa shape index (κ1) is 27.5. The first-order valence-electron chi connectivity index (χ1n) is 14.7. The second-order valence-electron chi connectivity index (χ2n) is 12.0. The van der Waals surface area contributed by atoms with E-state index in [0.717, 1.165) is 49.1 Å². The third kappa shape index (κ3) is 7.28. The summed E-state index contributed by atoms with van der Waals surface area (Å²) in [7, 11) is 0. The van der Waals surface area contributed by atoms with Crippen molar-refractivity contribution in [2.75, 3.05) is 0 Å². The number of alkyl halides is 3. The Morgan fingerprint density at radius 1 is 0.833 bits per heavy atom. The van der Waals surface area contributed by atoms with Crippen molar-refractivity contribution in [1.29, 1.82) is 0 Å². The molecule has 0 aromatic heterocycles. The van der Waals surface area contributed by atoms with Crippen molar-refractivity contribution in [3.05, 3.63) is 29.8 Å². The molecule has 0 spiro atoms. The number of hydrogen-bond acceptors (Lipinski definition) is 2. The zero-order valence-electron chi connectivity index (χ0n) is 22.0. The minimum absolute atomic E-state index is 0.115. The fraction of sp³-hybridized carbons (Fsp3) is 0.774. The Bertz CT molecular complexity index is 810. The first-order chi connectivity index (χ1) is 17.3. The van der Waals surface area contributed by atoms with Gasteiger partial charge in [0.2, 0.25) is 0 Å². The SMILES string of the molecule is CCCCCCCC1CCC(C2CCC3C(CCCC3C(=O)Oc3ccc(C(F)(F)F)cc3)C2)CC1. The molecule has 202 valence electrons. The van der Waals surface area contributed by atoms with Crippen LogP contribution in [-0.4, -0.2) is 5.97 Å². The molecule has 1 aromatic rings. The van der Waals surface area contributed by atoms with Crippen molar-refractivity contribution >= 4 is 5.97 Å². The van der Waals surface area contributed by atoms with E-state index >= 15 is 0 Å². The van der Waals surface area contributed by atoms with Crippen LogP contribution in [0, 0.1) is 35.5 Å². The Balaban J connectivity index is 1.23. The average Bonchev–Trinajstić information content (AvgIpc) is 2.88. The van der Waals surface area contributed by atoms with Gasteiger partial charge in [-0.25, -0.2) is 0 Å². The van der Waals surface area contributed by atoms with Gasteiger partial charge in [-0.1, -0.05) is 71.1 Å². The van der Waals surface area contributed by atoms with Gasteiger partial charge in [0.1, 0.15) is 5.75 Å². The molecule has 0 radical (unpaired) electrons. The van der Waals surface area contributed by atoms with Crippen LogP contribution in [0.15, 0.2) is 24.3 Å². The Hall–Kier alpha value is -1.52. The van der Waals surface area contributed by atoms with E-state index in [1.165, 1.54) is 95.6 Å². The van der Waals surface area contributed by atoms with Gasteiger partial charge in [0.25, 0.3) is 0 Å². The van der Waals surface area contributed by atoms with Gasteiger partial charge in [-0.2, -0.15) is 13.2 Å². The molecule has 3 fully saturated rings. The van der Waals surface area contributed by atoms with Crippen molar-refractivity contribution in [1.82, 2.24) is 0 Å². The van der Waals surface area contributed by atoms with Gasteiger partial charge in [-0.3, -0.25) is 4.79 Å². The predicted molar refractivity (Wildman–Crippen MR) is 138 cm³/mol. The van der Waals surface area contributed by atoms with E-state index in [0.29, 0.717) is 11.8 Å². The third-order valence-corrected chi connectivity index (χ3v) is 9.67. The maximum absolute atomic E-state index is 13.0. The predicted octanol–water partition coefficient (Wildman–Crippen LogP) is 9.61. The molecule has 0 saturated heterocycles. The van der Waals surface area contributed by atoms with Crippen LogP contribution in [0.5, 0.6) is 5.75 Å². The number of carbonyl (C=O) groups is 1. The maximum Gasteiger partial charge on any atom is 0.416 e. The van der Waals surface area contributed by atoms with E-state index in [1.54, 1.807) is 0 Å². The molecule has 0 N–H and O–H groups in total. The van der Waals surface area contributed by atoms with Crippen LogP contribution >= 0.6 is 0 Å². The van der Waals surface area contributed by atoms with Crippen molar-refractivity contribution in [3.63, 3.8) is 0 Å². The molecule has 4 unspecified atom stereocenters. The highest BCUT2D eigenvalue weighted by molar-refractivity contribution is 5.75. The largest absolute Gasteiger partial charge is 0.426 e. The number of unbranched alkanes of at least 4 members (excludes halogenated alkanes) is 4. The van der Waals surface area contributed by atoms with Gasteiger partial charge in [-0.15, -0.1) is 0 Å². The smallest absolute Gasteiger partial charge is 0.416 e. The second-order valence-corrected chi connectivity index (χ2v) is 12.0. The number of benzene rings is 1. The van der Waals surface area contributed by atoms with Crippen molar-refractivity contribution in [3.8, 4) is 5.75 Å². The minimum Gasteiger partial charge on any atom is -0.426 e. The standard InChI is InChI=1S/C31H45F3O2/c1-2-3-4-5-6-8-22-11-13-23(14-12-22)24-15-20-28-25(21-24)9-7-10-29(28)30(35)36-27-18-16-26(17-19-27)31(32,33)34/h16-19,22-25,28-29H,2-15,20-21H2,1H3. The molecule has 0 amide bonds. The van der Waals surface area contributed by atoms with Crippen LogP contribution in [0.2, 0.25) is 0 Å². The third-order valence-electron chi connectivity index (χ3n) is 9.67. The van der Waals surface area contributed by atoms with E-state index in [1.807, 2.05) is 0 Å². The summed E-state index contributed by atoms with van der Waals surface area (Å²) < 4.78 is 44.0. The van der Waals surface area contributed by atoms with E-state index in [9.17, 15) is 18.0 Å². The van der Waals surface area contributed by atoms with Crippen molar-refractivity contribution in [2.24, 2.45) is 35.5 Å². The lowest BCUT2D eigenvalue weighted by atomic mass is 9.59. The molecule has 0 aliphatic heterocycles. The zero-order valence-corrected chi connectivity index (χ0v) is 22.0. The molecule has 0 heterocycles. The fourth-order valence-corrected chi connectivity index (χ4v) is 7.61. The molecule has 4 rings (SSSR count). The highest BCUT2D eigenvalue weighted by Gasteiger charge is 2.43. The molecule has 3 aliphatic rings. The van der Waals surface area contributed by atoms with Crippen LogP contribution in [0.1, 0.15) is 115 Å². The molecular weight excluding hydrogens is 461 g/mol. The van der Waals surface area contributed by atoms with Crippen molar-refractivity contribution in [2.45, 2.75) is 116 Å². The Morgan fingerprint density at radius 3 is 2.22 bits per heavy atom. The highest BCUT2D eigenvalue weighted by atomic mass is 19.4. The average molecular weight is 507 g/mol. The number of esters is 1. The second kappa shape index (κ2) is 12.8. The Morgan fingerprint density at radius 2 is 1.53 bits per heavy atom. The number of rotatable bonds is 9. The minimum atomic E-state index is -4.38. The van der Waals surface area contributed by atoms with Crippen LogP contribution in [0.3, 0.4) is 0 Å². The van der Waals surface area contributed by atoms with E-state index in [4.69, 9.17) is 4.74 Å². The lowest BCUT2D eigenvalue weighted by Gasteiger charge is -2.46. The Labute approximate surface area is 215 Å². The topological polar surface area (TPSA) is 26.3 Å². The van der Waals surface area contributed by atoms with Crippen LogP contribution < -0.4 is 4.74 Å². The molecule has 2 nitrogen and oxygen atoms in total. The van der Waals surface area contributed by atoms with Gasteiger partial charge in [-0.05, 0) is 92.4 Å². The van der Waals surface area contributed by atoms with Gasteiger partial charge >= 0.3 is 12.1 Å². The Kier molecular flexibility index (Phi) is 9.80. The summed E-state index contributed by atoms with van der Waals surface area (Å²) >= 11 is 0. The number of hydrogen-bond donors (Lipinski definition) is 0. The van der Waals surface area contributed by atoms with E-state index < -0.39 is 11.7 Å². The molecule has 0 bridgehead atoms. The number of fused-ring (bicyclic) bond motifs is 1. The van der Waals surface area contributed by atoms with Gasteiger partial charge in [0.05, 0.1) is 11.5 Å². The van der Waals surface area contributed by atoms with Crippen LogP contribution in [0.4, 0.5) is 13.2 Å². The molecule has 4 atom stereocenters. The summed E-state index contributed by atoms with van der Waals surface area (Å²) in [6, 6.07) is 4.50. The number of carbonyl (C=O) groups excluding carboxylic acids is 1. The summed E-state index contributed by atoms with van der Waals surface area (Å²) in [6.45, 7) is 2.28. The summed E-state index contributed by atoms with van der Waals surface area (Å²) in [4.78, 5) is 13.0. The quantitative estimate of drug-likeness (QED) is 0.189. The monoisotopic (exact) mass is 506 g/mol. The number of halogens is 3. The first-order valence-corrected chi connectivity index (χ1v) is 14.7. The van der Waals surface area contributed by atoms with E-state index in [-0.39, 0.29) is 17.6 Å². The summed E-state index contributed by atoms with van der Waals surface area (Å²) in [5.41, 5.74) is -0.723. The van der Waals surface area contributed by atoms with Crippen LogP contribution in [-0.2, 0) is 11.0 Å². The number of ether oxygens (including phenoxy) is 1. The maximum atomic E-state index is 13.0. The fourth-order valence-electron chi connectivity index (χ4n) is 7.61. The summed E-state index contributed by atoms with van der Waals surface area (Å²) in [5.74, 6) is 3.43. The molecule has 1 aromatic carbocycles. The van der Waals surface area contributed by atoms with E-state index in [2.05, 4.69) is 6.92 Å². The normalized spacial score (nSPS) is 31.0. The van der Waals surface area contributed by atoms with Crippen LogP contribution in [0.25, 0.3) is 0 Å². The van der Waals surface area contributed by atoms with Crippen molar-refractivity contribution < 1.29 is 22.7 Å². The lowest BCUT2D eigenvalue weighted by molar-refractivity contribution is -0.144. The molecule has 36 heavy (non-hydrogen) atoms. The lowest BCUT2D eigenvalue weighted by Crippen LogP contribution is -2.40. The van der Waals surface area contributed by atoms with Gasteiger partial charge < -0.3 is 4.74 Å². The molecule has 3 aliphatic carbocycles. The summed E-state index contributed by atoms with van der Waals surface area (Å²) in [6.07, 6.45) is 16.2. The summed E-state index contributed by atoms with van der Waals surface area (Å²) in [5, 5.41) is 0. The van der Waals surface area contributed by atoms with Gasteiger partial charge in [0.15, 0.2) is 0 Å². The van der Waals surface area contributed by atoms with Gasteiger partial charge in [0, 0.05) is 0 Å². The zero-order chi connectivity index (χ0) is 25.5.